The van der Waals surface area contributed by atoms with E-state index in [2.05, 4.69) is 0 Å². The Hall–Kier alpha value is -4.32. The van der Waals surface area contributed by atoms with Crippen LogP contribution in [-0.2, 0) is 0 Å². The first-order valence-corrected chi connectivity index (χ1v) is 9.81. The lowest BCUT2D eigenvalue weighted by atomic mass is 9.63. The Kier molecular flexibility index (Phi) is 3.31. The number of hydrogen-bond acceptors (Lipinski definition) is 4. The van der Waals surface area contributed by atoms with E-state index < -0.39 is 26.7 Å². The maximum absolute atomic E-state index is 12.4. The van der Waals surface area contributed by atoms with E-state index >= 15 is 0 Å². The molecule has 31 heavy (non-hydrogen) atoms. The van der Waals surface area contributed by atoms with Gasteiger partial charge in [0.25, 0.3) is 0 Å². The number of fused-ring (bicyclic) bond motifs is 8. The summed E-state index contributed by atoms with van der Waals surface area (Å²) in [7, 11) is 0. The standard InChI is InChI=1S/C25H14N2O4/c28-26(29)23-14-20-18-9-4-2-7-16(18)13-22(20)25(24(23)27(30)31)11-5-10-19-17-8-3-1-6-15(17)12-21(19)25/h1-14H. The molecule has 1 atom stereocenters. The predicted molar refractivity (Wildman–Crippen MR) is 117 cm³/mol. The van der Waals surface area contributed by atoms with Gasteiger partial charge in [-0.3, -0.25) is 20.2 Å². The minimum atomic E-state index is -1.35. The van der Waals surface area contributed by atoms with Crippen LogP contribution in [0.2, 0.25) is 0 Å². The molecular formula is C25H14N2O4. The monoisotopic (exact) mass is 406 g/mol. The number of benzene rings is 2. The van der Waals surface area contributed by atoms with E-state index in [0.717, 1.165) is 27.8 Å². The molecule has 4 aliphatic rings. The van der Waals surface area contributed by atoms with Crippen molar-refractivity contribution >= 4 is 23.3 Å². The van der Waals surface area contributed by atoms with Gasteiger partial charge >= 0.3 is 11.4 Å². The highest BCUT2D eigenvalue weighted by atomic mass is 16.6. The third kappa shape index (κ3) is 2.11. The molecule has 0 radical (unpaired) electrons. The fourth-order valence-electron chi connectivity index (χ4n) is 5.21. The lowest BCUT2D eigenvalue weighted by Gasteiger charge is -2.36. The first-order valence-electron chi connectivity index (χ1n) is 9.81. The molecule has 0 N–H and O–H groups in total. The molecule has 6 heteroatoms. The Morgan fingerprint density at radius 2 is 1.29 bits per heavy atom. The third-order valence-electron chi connectivity index (χ3n) is 6.42. The molecule has 2 aromatic rings. The number of nitro groups is 2. The molecule has 0 bridgehead atoms. The zero-order valence-electron chi connectivity index (χ0n) is 16.1. The van der Waals surface area contributed by atoms with E-state index in [0.29, 0.717) is 16.7 Å². The van der Waals surface area contributed by atoms with Crippen LogP contribution < -0.4 is 0 Å². The Morgan fingerprint density at radius 1 is 0.710 bits per heavy atom. The minimum absolute atomic E-state index is 0.416. The summed E-state index contributed by atoms with van der Waals surface area (Å²) in [5.41, 5.74) is 4.35. The maximum atomic E-state index is 12.4. The van der Waals surface area contributed by atoms with Gasteiger partial charge in [0.15, 0.2) is 0 Å². The molecule has 1 unspecified atom stereocenters. The van der Waals surface area contributed by atoms with Crippen molar-refractivity contribution in [2.45, 2.75) is 0 Å². The summed E-state index contributed by atoms with van der Waals surface area (Å²) >= 11 is 0. The summed E-state index contributed by atoms with van der Waals surface area (Å²) in [5.74, 6) is 0. The van der Waals surface area contributed by atoms with Crippen LogP contribution >= 0.6 is 0 Å². The zero-order valence-corrected chi connectivity index (χ0v) is 16.1. The smallest absolute Gasteiger partial charge is 0.258 e. The van der Waals surface area contributed by atoms with Gasteiger partial charge in [0.05, 0.1) is 9.85 Å². The van der Waals surface area contributed by atoms with Gasteiger partial charge in [-0.05, 0) is 56.7 Å². The van der Waals surface area contributed by atoms with Crippen LogP contribution in [0.4, 0.5) is 0 Å². The van der Waals surface area contributed by atoms with Gasteiger partial charge in [-0.25, -0.2) is 0 Å². The molecule has 0 heterocycles. The highest BCUT2D eigenvalue weighted by molar-refractivity contribution is 6.05. The molecule has 0 saturated carbocycles. The number of allylic oxidation sites excluding steroid dienone is 6. The Morgan fingerprint density at radius 3 is 1.90 bits per heavy atom. The minimum Gasteiger partial charge on any atom is -0.258 e. The van der Waals surface area contributed by atoms with E-state index in [9.17, 15) is 20.2 Å². The van der Waals surface area contributed by atoms with Gasteiger partial charge in [0.2, 0.25) is 0 Å². The van der Waals surface area contributed by atoms with Crippen LogP contribution in [0.5, 0.6) is 0 Å². The summed E-state index contributed by atoms with van der Waals surface area (Å²) in [6.45, 7) is 0. The van der Waals surface area contributed by atoms with Gasteiger partial charge in [-0.1, -0.05) is 66.8 Å². The average molecular weight is 406 g/mol. The third-order valence-corrected chi connectivity index (χ3v) is 6.42. The van der Waals surface area contributed by atoms with Gasteiger partial charge in [-0.15, -0.1) is 0 Å². The Balaban J connectivity index is 1.73. The van der Waals surface area contributed by atoms with Crippen LogP contribution in [0.1, 0.15) is 22.3 Å². The Bertz CT molecular complexity index is 1420. The lowest BCUT2D eigenvalue weighted by molar-refractivity contribution is -0.474. The topological polar surface area (TPSA) is 86.3 Å². The van der Waals surface area contributed by atoms with Crippen molar-refractivity contribution in [2.75, 3.05) is 0 Å². The maximum Gasteiger partial charge on any atom is 0.343 e. The predicted octanol–water partition coefficient (Wildman–Crippen LogP) is 5.28. The normalized spacial score (nSPS) is 22.1. The second kappa shape index (κ2) is 5.86. The quantitative estimate of drug-likeness (QED) is 0.501. The van der Waals surface area contributed by atoms with Crippen molar-refractivity contribution in [3.05, 3.63) is 138 Å². The lowest BCUT2D eigenvalue weighted by Crippen LogP contribution is -2.35. The van der Waals surface area contributed by atoms with Crippen molar-refractivity contribution in [1.29, 1.82) is 0 Å². The molecule has 6 rings (SSSR count). The molecule has 0 saturated heterocycles. The summed E-state index contributed by atoms with van der Waals surface area (Å²) in [6.07, 6.45) is 10.7. The van der Waals surface area contributed by atoms with E-state index in [1.165, 1.54) is 6.08 Å². The van der Waals surface area contributed by atoms with E-state index in [-0.39, 0.29) is 0 Å². The molecule has 0 aliphatic heterocycles. The number of rotatable bonds is 2. The second-order valence-corrected chi connectivity index (χ2v) is 7.84. The van der Waals surface area contributed by atoms with Crippen molar-refractivity contribution in [3.8, 4) is 0 Å². The summed E-state index contributed by atoms with van der Waals surface area (Å²) < 4.78 is 0. The van der Waals surface area contributed by atoms with Crippen molar-refractivity contribution in [2.24, 2.45) is 5.41 Å². The SMILES string of the molecule is O=[N+]([O-])C1=C([N+](=O)[O-])C2(C=CC=C3C2=Cc2ccccc23)C2=Cc3ccccc3C2=C1. The average Bonchev–Trinajstić information content (AvgIpc) is 3.33. The van der Waals surface area contributed by atoms with Crippen molar-refractivity contribution < 1.29 is 9.85 Å². The van der Waals surface area contributed by atoms with Gasteiger partial charge in [-0.2, -0.15) is 0 Å². The fourth-order valence-corrected chi connectivity index (χ4v) is 5.21. The summed E-state index contributed by atoms with van der Waals surface area (Å²) in [6, 6.07) is 15.3. The van der Waals surface area contributed by atoms with Crippen LogP contribution in [-0.4, -0.2) is 9.85 Å². The molecule has 1 spiro atoms. The van der Waals surface area contributed by atoms with Gasteiger partial charge < -0.3 is 0 Å². The molecule has 148 valence electrons. The van der Waals surface area contributed by atoms with Gasteiger partial charge in [0, 0.05) is 6.08 Å². The first-order chi connectivity index (χ1) is 15.0. The van der Waals surface area contributed by atoms with Crippen LogP contribution in [0, 0.1) is 25.6 Å². The fraction of sp³-hybridized carbons (Fsp3) is 0.0400. The number of nitrogens with zero attached hydrogens (tertiary/aromatic N) is 2. The van der Waals surface area contributed by atoms with Crippen LogP contribution in [0.25, 0.3) is 23.3 Å². The molecule has 2 aromatic carbocycles. The van der Waals surface area contributed by atoms with E-state index in [1.54, 1.807) is 12.2 Å². The van der Waals surface area contributed by atoms with E-state index in [4.69, 9.17) is 0 Å². The molecule has 4 aliphatic carbocycles. The van der Waals surface area contributed by atoms with Crippen LogP contribution in [0.15, 0.2) is 95.4 Å². The summed E-state index contributed by atoms with van der Waals surface area (Å²) in [5, 5.41) is 24.4. The zero-order chi connectivity index (χ0) is 21.3. The molecular weight excluding hydrogens is 392 g/mol. The van der Waals surface area contributed by atoms with Crippen LogP contribution in [0.3, 0.4) is 0 Å². The largest absolute Gasteiger partial charge is 0.343 e. The molecule has 0 aromatic heterocycles. The summed E-state index contributed by atoms with van der Waals surface area (Å²) in [4.78, 5) is 23.2. The van der Waals surface area contributed by atoms with Crippen molar-refractivity contribution in [3.63, 3.8) is 0 Å². The molecule has 0 fully saturated rings. The highest BCUT2D eigenvalue weighted by Gasteiger charge is 2.58. The molecule has 0 amide bonds. The first kappa shape index (κ1) is 17.5. The Labute approximate surface area is 176 Å². The number of hydrogen-bond donors (Lipinski definition) is 0. The van der Waals surface area contributed by atoms with E-state index in [1.807, 2.05) is 66.8 Å². The highest BCUT2D eigenvalue weighted by Crippen LogP contribution is 2.62. The van der Waals surface area contributed by atoms with Gasteiger partial charge in [0.1, 0.15) is 5.41 Å². The van der Waals surface area contributed by atoms with Crippen molar-refractivity contribution in [1.82, 2.24) is 0 Å². The second-order valence-electron chi connectivity index (χ2n) is 7.84. The molecule has 6 nitrogen and oxygen atoms in total.